The molecule has 3 aliphatic rings. The standard InChI is InChI=1S/C19H30N4O2.ClH/c24-19(3-1-9-23-10-2-8-20-23)21-18-14-22(13-17(18)15-4-5-15)16-6-11-25-12-7-16;/h2,8,10,15-18H,1,3-7,9,11-14H2,(H,21,24);1H/t17-,18+;/m1./s1. The molecule has 4 rings (SSSR count). The molecule has 26 heavy (non-hydrogen) atoms. The van der Waals surface area contributed by atoms with Crippen LogP contribution in [0.5, 0.6) is 0 Å². The number of ether oxygens (including phenoxy) is 1. The minimum absolute atomic E-state index is 0. The first-order valence-electron chi connectivity index (χ1n) is 9.88. The van der Waals surface area contributed by atoms with E-state index in [1.54, 1.807) is 6.20 Å². The van der Waals surface area contributed by atoms with Gasteiger partial charge in [-0.2, -0.15) is 5.10 Å². The van der Waals surface area contributed by atoms with E-state index >= 15 is 0 Å². The van der Waals surface area contributed by atoms with E-state index in [4.69, 9.17) is 4.74 Å². The molecule has 0 spiro atoms. The zero-order chi connectivity index (χ0) is 17.1. The monoisotopic (exact) mass is 382 g/mol. The van der Waals surface area contributed by atoms with Crippen molar-refractivity contribution in [3.8, 4) is 0 Å². The van der Waals surface area contributed by atoms with Gasteiger partial charge in [-0.25, -0.2) is 0 Å². The lowest BCUT2D eigenvalue weighted by Crippen LogP contribution is -2.43. The van der Waals surface area contributed by atoms with Gasteiger partial charge in [-0.3, -0.25) is 14.4 Å². The molecule has 1 amide bonds. The number of carbonyl (C=O) groups is 1. The summed E-state index contributed by atoms with van der Waals surface area (Å²) in [7, 11) is 0. The molecule has 1 N–H and O–H groups in total. The smallest absolute Gasteiger partial charge is 0.220 e. The molecule has 7 heteroatoms. The Labute approximate surface area is 162 Å². The third kappa shape index (κ3) is 4.99. The fourth-order valence-corrected chi connectivity index (χ4v) is 4.48. The average Bonchev–Trinajstić information content (AvgIpc) is 3.17. The van der Waals surface area contributed by atoms with Crippen LogP contribution in [0.25, 0.3) is 0 Å². The molecule has 2 saturated heterocycles. The van der Waals surface area contributed by atoms with E-state index in [-0.39, 0.29) is 18.3 Å². The highest BCUT2D eigenvalue weighted by Crippen LogP contribution is 2.42. The van der Waals surface area contributed by atoms with Crippen LogP contribution in [-0.4, -0.2) is 59.0 Å². The van der Waals surface area contributed by atoms with Crippen LogP contribution in [0.4, 0.5) is 0 Å². The Hall–Kier alpha value is -1.11. The van der Waals surface area contributed by atoms with Gasteiger partial charge < -0.3 is 10.1 Å². The maximum Gasteiger partial charge on any atom is 0.220 e. The number of hydrogen-bond donors (Lipinski definition) is 1. The average molecular weight is 383 g/mol. The number of nitrogens with one attached hydrogen (secondary N) is 1. The van der Waals surface area contributed by atoms with E-state index in [2.05, 4.69) is 15.3 Å². The third-order valence-corrected chi connectivity index (χ3v) is 6.02. The van der Waals surface area contributed by atoms with Crippen LogP contribution in [-0.2, 0) is 16.1 Å². The van der Waals surface area contributed by atoms with Gasteiger partial charge in [0.15, 0.2) is 0 Å². The molecular formula is C19H31ClN4O2. The fraction of sp³-hybridized carbons (Fsp3) is 0.789. The molecule has 2 atom stereocenters. The van der Waals surface area contributed by atoms with E-state index in [1.807, 2.05) is 16.9 Å². The highest BCUT2D eigenvalue weighted by atomic mass is 35.5. The summed E-state index contributed by atoms with van der Waals surface area (Å²) in [6.07, 6.45) is 10.1. The summed E-state index contributed by atoms with van der Waals surface area (Å²) in [6.45, 7) is 4.77. The highest BCUT2D eigenvalue weighted by Gasteiger charge is 2.44. The van der Waals surface area contributed by atoms with Gasteiger partial charge in [0.2, 0.25) is 5.91 Å². The topological polar surface area (TPSA) is 59.4 Å². The van der Waals surface area contributed by atoms with Crippen LogP contribution in [0.1, 0.15) is 38.5 Å². The predicted molar refractivity (Wildman–Crippen MR) is 102 cm³/mol. The van der Waals surface area contributed by atoms with Crippen LogP contribution in [0.3, 0.4) is 0 Å². The van der Waals surface area contributed by atoms with Gasteiger partial charge in [-0.05, 0) is 50.0 Å². The molecule has 0 unspecified atom stereocenters. The third-order valence-electron chi connectivity index (χ3n) is 6.02. The summed E-state index contributed by atoms with van der Waals surface area (Å²) >= 11 is 0. The maximum atomic E-state index is 12.4. The first-order chi connectivity index (χ1) is 12.3. The molecule has 1 saturated carbocycles. The van der Waals surface area contributed by atoms with Gasteiger partial charge in [0.05, 0.1) is 0 Å². The van der Waals surface area contributed by atoms with Crippen molar-refractivity contribution in [1.29, 1.82) is 0 Å². The Kier molecular flexibility index (Phi) is 6.95. The second-order valence-electron chi connectivity index (χ2n) is 7.85. The SMILES string of the molecule is Cl.O=C(CCCn1cccn1)N[C@H]1CN(C2CCOCC2)C[C@@H]1C1CC1. The normalized spacial score (nSPS) is 27.2. The largest absolute Gasteiger partial charge is 0.381 e. The molecule has 1 aliphatic carbocycles. The molecular weight excluding hydrogens is 352 g/mol. The van der Waals surface area contributed by atoms with Crippen molar-refractivity contribution in [2.24, 2.45) is 11.8 Å². The molecule has 3 fully saturated rings. The molecule has 146 valence electrons. The summed E-state index contributed by atoms with van der Waals surface area (Å²) < 4.78 is 7.40. The number of aromatic nitrogens is 2. The summed E-state index contributed by atoms with van der Waals surface area (Å²) in [5.74, 6) is 1.69. The number of hydrogen-bond acceptors (Lipinski definition) is 4. The van der Waals surface area contributed by atoms with E-state index in [0.717, 1.165) is 58.0 Å². The van der Waals surface area contributed by atoms with Gasteiger partial charge in [-0.15, -0.1) is 12.4 Å². The van der Waals surface area contributed by atoms with Crippen LogP contribution >= 0.6 is 12.4 Å². The number of aryl methyl sites for hydroxylation is 1. The number of halogens is 1. The molecule has 0 aromatic carbocycles. The second-order valence-corrected chi connectivity index (χ2v) is 7.85. The predicted octanol–water partition coefficient (Wildman–Crippen LogP) is 2.09. The van der Waals surface area contributed by atoms with Gasteiger partial charge >= 0.3 is 0 Å². The van der Waals surface area contributed by atoms with Crippen LogP contribution in [0.15, 0.2) is 18.5 Å². The number of carbonyl (C=O) groups excluding carboxylic acids is 1. The number of likely N-dealkylation sites (tertiary alicyclic amines) is 1. The molecule has 2 aliphatic heterocycles. The summed E-state index contributed by atoms with van der Waals surface area (Å²) in [4.78, 5) is 15.0. The molecule has 1 aromatic heterocycles. The summed E-state index contributed by atoms with van der Waals surface area (Å²) in [6, 6.07) is 2.91. The van der Waals surface area contributed by atoms with Crippen molar-refractivity contribution in [3.05, 3.63) is 18.5 Å². The maximum absolute atomic E-state index is 12.4. The lowest BCUT2D eigenvalue weighted by atomic mass is 9.98. The number of nitrogens with zero attached hydrogens (tertiary/aromatic N) is 3. The van der Waals surface area contributed by atoms with E-state index in [1.165, 1.54) is 12.8 Å². The van der Waals surface area contributed by atoms with E-state index < -0.39 is 0 Å². The van der Waals surface area contributed by atoms with Crippen LogP contribution in [0, 0.1) is 11.8 Å². The quantitative estimate of drug-likeness (QED) is 0.784. The van der Waals surface area contributed by atoms with Gasteiger partial charge in [-0.1, -0.05) is 0 Å². The Morgan fingerprint density at radius 3 is 2.69 bits per heavy atom. The minimum Gasteiger partial charge on any atom is -0.381 e. The van der Waals surface area contributed by atoms with Gasteiger partial charge in [0, 0.05) is 63.7 Å². The number of rotatable bonds is 7. The Balaban J connectivity index is 0.00000196. The molecule has 3 heterocycles. The molecule has 0 radical (unpaired) electrons. The van der Waals surface area contributed by atoms with E-state index in [9.17, 15) is 4.79 Å². The first-order valence-corrected chi connectivity index (χ1v) is 9.88. The van der Waals surface area contributed by atoms with Crippen molar-refractivity contribution < 1.29 is 9.53 Å². The van der Waals surface area contributed by atoms with Crippen molar-refractivity contribution in [2.75, 3.05) is 26.3 Å². The van der Waals surface area contributed by atoms with Crippen molar-refractivity contribution in [3.63, 3.8) is 0 Å². The van der Waals surface area contributed by atoms with Crippen LogP contribution in [0.2, 0.25) is 0 Å². The van der Waals surface area contributed by atoms with Crippen molar-refractivity contribution >= 4 is 18.3 Å². The summed E-state index contributed by atoms with van der Waals surface area (Å²) in [5.41, 5.74) is 0. The van der Waals surface area contributed by atoms with Gasteiger partial charge in [0.25, 0.3) is 0 Å². The zero-order valence-electron chi connectivity index (χ0n) is 15.4. The number of amides is 1. The highest BCUT2D eigenvalue weighted by molar-refractivity contribution is 5.85. The lowest BCUT2D eigenvalue weighted by molar-refractivity contribution is -0.122. The van der Waals surface area contributed by atoms with Crippen LogP contribution < -0.4 is 5.32 Å². The zero-order valence-corrected chi connectivity index (χ0v) is 16.2. The summed E-state index contributed by atoms with van der Waals surface area (Å²) in [5, 5.41) is 7.55. The van der Waals surface area contributed by atoms with Gasteiger partial charge in [0.1, 0.15) is 0 Å². The van der Waals surface area contributed by atoms with E-state index in [0.29, 0.717) is 24.4 Å². The second kappa shape index (κ2) is 9.20. The molecule has 1 aromatic rings. The molecule has 6 nitrogen and oxygen atoms in total. The van der Waals surface area contributed by atoms with Crippen molar-refractivity contribution in [2.45, 2.75) is 57.2 Å². The van der Waals surface area contributed by atoms with Crippen molar-refractivity contribution in [1.82, 2.24) is 20.0 Å². The Morgan fingerprint density at radius 2 is 2.00 bits per heavy atom. The first kappa shape index (κ1) is 19.6. The Bertz CT molecular complexity index is 558. The Morgan fingerprint density at radius 1 is 1.19 bits per heavy atom. The lowest BCUT2D eigenvalue weighted by Gasteiger charge is -2.31. The fourth-order valence-electron chi connectivity index (χ4n) is 4.48. The molecule has 0 bridgehead atoms. The minimum atomic E-state index is 0.